The monoisotopic (exact) mass is 293 g/mol. The number of aromatic nitrogens is 3. The average Bonchev–Trinajstić information content (AvgIpc) is 2.91. The van der Waals surface area contributed by atoms with E-state index in [1.54, 1.807) is 0 Å². The number of ether oxygens (including phenoxy) is 1. The molecular weight excluding hydrogens is 270 g/mol. The molecule has 21 heavy (non-hydrogen) atoms. The summed E-state index contributed by atoms with van der Waals surface area (Å²) in [5, 5.41) is 6.53. The van der Waals surface area contributed by atoms with Crippen LogP contribution in [0.3, 0.4) is 0 Å². The second kappa shape index (κ2) is 5.61. The molecule has 1 atom stereocenters. The molecule has 1 aromatic rings. The third kappa shape index (κ3) is 3.16. The molecule has 3 heterocycles. The Balaban J connectivity index is 1.67. The van der Waals surface area contributed by atoms with Gasteiger partial charge in [-0.25, -0.2) is 0 Å². The van der Waals surface area contributed by atoms with E-state index < -0.39 is 0 Å². The van der Waals surface area contributed by atoms with Gasteiger partial charge in [0.2, 0.25) is 17.8 Å². The Morgan fingerprint density at radius 3 is 2.81 bits per heavy atom. The molecule has 2 fully saturated rings. The zero-order chi connectivity index (χ0) is 14.9. The lowest BCUT2D eigenvalue weighted by atomic mass is 9.89. The van der Waals surface area contributed by atoms with Crippen LogP contribution in [0.2, 0.25) is 0 Å². The van der Waals surface area contributed by atoms with Crippen LogP contribution in [0.4, 0.5) is 17.8 Å². The largest absolute Gasteiger partial charge is 0.380 e. The lowest BCUT2D eigenvalue weighted by Crippen LogP contribution is -2.45. The van der Waals surface area contributed by atoms with E-state index in [2.05, 4.69) is 37.4 Å². The molecule has 0 unspecified atom stereocenters. The van der Waals surface area contributed by atoms with Gasteiger partial charge in [-0.1, -0.05) is 6.92 Å². The predicted molar refractivity (Wildman–Crippen MR) is 81.3 cm³/mol. The molecule has 2 saturated heterocycles. The minimum absolute atomic E-state index is 0.159. The highest BCUT2D eigenvalue weighted by Gasteiger charge is 2.33. The number of nitrogens with two attached hydrogens (primary N) is 1. The number of rotatable bonds is 5. The van der Waals surface area contributed by atoms with Crippen molar-refractivity contribution in [3.63, 3.8) is 0 Å². The summed E-state index contributed by atoms with van der Waals surface area (Å²) in [6.45, 7) is 6.31. The van der Waals surface area contributed by atoms with Crippen molar-refractivity contribution in [2.45, 2.75) is 19.4 Å². The number of nitrogen functional groups attached to an aromatic ring is 1. The lowest BCUT2D eigenvalue weighted by molar-refractivity contribution is -0.0925. The van der Waals surface area contributed by atoms with E-state index in [0.717, 1.165) is 39.3 Å². The number of hydrogen-bond acceptors (Lipinski definition) is 8. The first-order valence-corrected chi connectivity index (χ1v) is 7.33. The van der Waals surface area contributed by atoms with Crippen molar-refractivity contribution >= 4 is 17.8 Å². The van der Waals surface area contributed by atoms with Gasteiger partial charge in [-0.3, -0.25) is 0 Å². The highest BCUT2D eigenvalue weighted by molar-refractivity contribution is 5.43. The van der Waals surface area contributed by atoms with Crippen LogP contribution in [0.1, 0.15) is 13.3 Å². The smallest absolute Gasteiger partial charge is 0.232 e. The van der Waals surface area contributed by atoms with Crippen molar-refractivity contribution in [3.05, 3.63) is 0 Å². The van der Waals surface area contributed by atoms with Crippen LogP contribution in [0.25, 0.3) is 0 Å². The van der Waals surface area contributed by atoms with Gasteiger partial charge in [0.1, 0.15) is 0 Å². The summed E-state index contributed by atoms with van der Waals surface area (Å²) in [4.78, 5) is 15.0. The van der Waals surface area contributed by atoms with Gasteiger partial charge in [0.05, 0.1) is 13.2 Å². The first-order valence-electron chi connectivity index (χ1n) is 7.33. The fourth-order valence-electron chi connectivity index (χ4n) is 2.62. The Kier molecular flexibility index (Phi) is 3.81. The third-order valence-corrected chi connectivity index (χ3v) is 4.09. The molecule has 116 valence electrons. The highest BCUT2D eigenvalue weighted by atomic mass is 16.5. The van der Waals surface area contributed by atoms with Crippen molar-refractivity contribution in [1.29, 1.82) is 0 Å². The first kappa shape index (κ1) is 14.3. The van der Waals surface area contributed by atoms with Gasteiger partial charge in [-0.2, -0.15) is 15.0 Å². The van der Waals surface area contributed by atoms with Gasteiger partial charge in [-0.05, 0) is 13.5 Å². The summed E-state index contributed by atoms with van der Waals surface area (Å²) in [5.74, 6) is 1.45. The van der Waals surface area contributed by atoms with E-state index in [1.807, 2.05) is 7.05 Å². The van der Waals surface area contributed by atoms with Crippen LogP contribution in [0.5, 0.6) is 0 Å². The van der Waals surface area contributed by atoms with Crippen molar-refractivity contribution in [3.8, 4) is 0 Å². The van der Waals surface area contributed by atoms with Crippen LogP contribution < -0.4 is 21.3 Å². The van der Waals surface area contributed by atoms with Crippen molar-refractivity contribution in [2.24, 2.45) is 5.41 Å². The second-order valence-corrected chi connectivity index (χ2v) is 6.19. The molecule has 8 nitrogen and oxygen atoms in total. The van der Waals surface area contributed by atoms with E-state index in [4.69, 9.17) is 10.5 Å². The molecule has 0 saturated carbocycles. The van der Waals surface area contributed by atoms with Crippen molar-refractivity contribution in [1.82, 2.24) is 20.3 Å². The van der Waals surface area contributed by atoms with E-state index >= 15 is 0 Å². The molecule has 0 aliphatic carbocycles. The Hall–Kier alpha value is -1.67. The molecule has 3 rings (SSSR count). The lowest BCUT2D eigenvalue weighted by Gasteiger charge is -2.38. The SMILES string of the molecule is CN[C@@H]1CCN(c2nc(N)nc(NCC3(C)COC3)n2)C1. The van der Waals surface area contributed by atoms with Gasteiger partial charge in [0, 0.05) is 31.1 Å². The standard InChI is InChI=1S/C13H23N7O/c1-13(7-21-8-13)6-16-11-17-10(14)18-12(19-11)20-4-3-9(5-20)15-2/h9,15H,3-8H2,1-2H3,(H3,14,16,17,18,19)/t9-/m1/s1. The quantitative estimate of drug-likeness (QED) is 0.680. The summed E-state index contributed by atoms with van der Waals surface area (Å²) in [6.07, 6.45) is 1.08. The Morgan fingerprint density at radius 1 is 1.38 bits per heavy atom. The van der Waals surface area contributed by atoms with Crippen LogP contribution in [0, 0.1) is 5.41 Å². The first-order chi connectivity index (χ1) is 10.1. The average molecular weight is 293 g/mol. The molecule has 0 amide bonds. The topological polar surface area (TPSA) is 101 Å². The Morgan fingerprint density at radius 2 is 2.19 bits per heavy atom. The van der Waals surface area contributed by atoms with Gasteiger partial charge in [0.15, 0.2) is 0 Å². The second-order valence-electron chi connectivity index (χ2n) is 6.19. The van der Waals surface area contributed by atoms with Gasteiger partial charge in [-0.15, -0.1) is 0 Å². The van der Waals surface area contributed by atoms with Crippen LogP contribution >= 0.6 is 0 Å². The maximum atomic E-state index is 5.81. The number of anilines is 3. The maximum absolute atomic E-state index is 5.81. The molecular formula is C13H23N7O. The molecule has 1 aromatic heterocycles. The van der Waals surface area contributed by atoms with Crippen LogP contribution in [-0.4, -0.2) is 60.9 Å². The van der Waals surface area contributed by atoms with Crippen LogP contribution in [0.15, 0.2) is 0 Å². The Labute approximate surface area is 124 Å². The fourth-order valence-corrected chi connectivity index (χ4v) is 2.62. The third-order valence-electron chi connectivity index (χ3n) is 4.09. The Bertz CT molecular complexity index is 505. The fraction of sp³-hybridized carbons (Fsp3) is 0.769. The van der Waals surface area contributed by atoms with E-state index in [1.165, 1.54) is 0 Å². The molecule has 2 aliphatic heterocycles. The van der Waals surface area contributed by atoms with Crippen molar-refractivity contribution < 1.29 is 4.74 Å². The molecule has 0 spiro atoms. The number of nitrogens with zero attached hydrogens (tertiary/aromatic N) is 4. The number of hydrogen-bond donors (Lipinski definition) is 3. The summed E-state index contributed by atoms with van der Waals surface area (Å²) in [6, 6.07) is 0.477. The zero-order valence-electron chi connectivity index (χ0n) is 12.6. The summed E-state index contributed by atoms with van der Waals surface area (Å²) >= 11 is 0. The minimum Gasteiger partial charge on any atom is -0.380 e. The van der Waals surface area contributed by atoms with E-state index in [-0.39, 0.29) is 11.4 Å². The summed E-state index contributed by atoms with van der Waals surface area (Å²) in [7, 11) is 1.98. The minimum atomic E-state index is 0.159. The summed E-state index contributed by atoms with van der Waals surface area (Å²) in [5.41, 5.74) is 5.97. The number of likely N-dealkylation sites (N-methyl/N-ethyl adjacent to an activating group) is 1. The highest BCUT2D eigenvalue weighted by Crippen LogP contribution is 2.26. The number of nitrogens with one attached hydrogen (secondary N) is 2. The zero-order valence-corrected chi connectivity index (χ0v) is 12.6. The predicted octanol–water partition coefficient (Wildman–Crippen LogP) is -0.300. The normalized spacial score (nSPS) is 23.9. The van der Waals surface area contributed by atoms with E-state index in [9.17, 15) is 0 Å². The molecule has 0 radical (unpaired) electrons. The van der Waals surface area contributed by atoms with Gasteiger partial charge < -0.3 is 26.0 Å². The molecule has 4 N–H and O–H groups in total. The van der Waals surface area contributed by atoms with Gasteiger partial charge in [0.25, 0.3) is 0 Å². The summed E-state index contributed by atoms with van der Waals surface area (Å²) < 4.78 is 5.25. The van der Waals surface area contributed by atoms with Gasteiger partial charge >= 0.3 is 0 Å². The molecule has 0 aromatic carbocycles. The molecule has 8 heteroatoms. The maximum Gasteiger partial charge on any atom is 0.232 e. The molecule has 2 aliphatic rings. The van der Waals surface area contributed by atoms with Crippen LogP contribution in [-0.2, 0) is 4.74 Å². The van der Waals surface area contributed by atoms with E-state index in [0.29, 0.717) is 17.9 Å². The molecule has 0 bridgehead atoms. The van der Waals surface area contributed by atoms with Crippen molar-refractivity contribution in [2.75, 3.05) is 55.8 Å².